The molecule has 0 amide bonds. The van der Waals surface area contributed by atoms with Crippen LogP contribution < -0.4 is 10.6 Å². The Hall–Kier alpha value is -1.03. The van der Waals surface area contributed by atoms with E-state index in [-0.39, 0.29) is 5.41 Å². The summed E-state index contributed by atoms with van der Waals surface area (Å²) in [5.74, 6) is 0.999. The van der Waals surface area contributed by atoms with Gasteiger partial charge in [0.2, 0.25) is 0 Å². The smallest absolute Gasteiger partial charge is 0.148 e. The molecule has 0 bridgehead atoms. The highest BCUT2D eigenvalue weighted by molar-refractivity contribution is 5.34. The molecule has 1 fully saturated rings. The predicted octanol–water partition coefficient (Wildman–Crippen LogP) is 2.26. The zero-order chi connectivity index (χ0) is 12.5. The van der Waals surface area contributed by atoms with Crippen molar-refractivity contribution < 1.29 is 0 Å². The molecule has 96 valence electrons. The van der Waals surface area contributed by atoms with Crippen LogP contribution in [0.25, 0.3) is 0 Å². The van der Waals surface area contributed by atoms with Gasteiger partial charge in [-0.15, -0.1) is 0 Å². The molecule has 1 saturated heterocycles. The summed E-state index contributed by atoms with van der Waals surface area (Å²) >= 11 is 0. The molecule has 0 spiro atoms. The Labute approximate surface area is 104 Å². The van der Waals surface area contributed by atoms with Gasteiger partial charge in [0.15, 0.2) is 0 Å². The van der Waals surface area contributed by atoms with Gasteiger partial charge in [-0.3, -0.25) is 4.68 Å². The van der Waals surface area contributed by atoms with Crippen LogP contribution in [0.2, 0.25) is 0 Å². The minimum Gasteiger partial charge on any atom is -0.365 e. The molecule has 0 aromatic carbocycles. The van der Waals surface area contributed by atoms with E-state index >= 15 is 0 Å². The van der Waals surface area contributed by atoms with Crippen LogP contribution in [0.1, 0.15) is 40.2 Å². The van der Waals surface area contributed by atoms with Crippen LogP contribution in [-0.2, 0) is 0 Å². The van der Waals surface area contributed by atoms with Crippen molar-refractivity contribution in [2.45, 2.75) is 46.2 Å². The largest absolute Gasteiger partial charge is 0.365 e. The number of aromatic nitrogens is 2. The maximum absolute atomic E-state index is 4.55. The number of anilines is 1. The lowest BCUT2D eigenvalue weighted by Crippen LogP contribution is -2.49. The van der Waals surface area contributed by atoms with Crippen LogP contribution in [0, 0.1) is 5.41 Å². The van der Waals surface area contributed by atoms with Gasteiger partial charge in [-0.25, -0.2) is 0 Å². The summed E-state index contributed by atoms with van der Waals surface area (Å²) < 4.78 is 2.00. The molecule has 2 rings (SSSR count). The first-order valence-electron chi connectivity index (χ1n) is 6.51. The fourth-order valence-corrected chi connectivity index (χ4v) is 2.32. The number of piperidine rings is 1. The Morgan fingerprint density at radius 2 is 2.29 bits per heavy atom. The van der Waals surface area contributed by atoms with E-state index < -0.39 is 0 Å². The molecule has 1 atom stereocenters. The van der Waals surface area contributed by atoms with Gasteiger partial charge in [-0.05, 0) is 32.2 Å². The van der Waals surface area contributed by atoms with E-state index in [1.807, 2.05) is 10.9 Å². The van der Waals surface area contributed by atoms with Crippen molar-refractivity contribution in [3.8, 4) is 0 Å². The molecule has 1 aromatic rings. The molecule has 2 N–H and O–H groups in total. The molecule has 4 heteroatoms. The van der Waals surface area contributed by atoms with Crippen molar-refractivity contribution >= 4 is 5.82 Å². The molecule has 1 aromatic heterocycles. The number of hydrogen-bond donors (Lipinski definition) is 2. The normalized spacial score (nSPS) is 23.9. The van der Waals surface area contributed by atoms with Gasteiger partial charge in [0.05, 0.1) is 0 Å². The summed E-state index contributed by atoms with van der Waals surface area (Å²) in [7, 11) is 0. The van der Waals surface area contributed by atoms with Gasteiger partial charge < -0.3 is 10.6 Å². The highest BCUT2D eigenvalue weighted by Gasteiger charge is 2.32. The van der Waals surface area contributed by atoms with Crippen LogP contribution >= 0.6 is 0 Å². The van der Waals surface area contributed by atoms with Crippen molar-refractivity contribution in [2.75, 3.05) is 18.4 Å². The lowest BCUT2D eigenvalue weighted by molar-refractivity contribution is 0.236. The second-order valence-corrected chi connectivity index (χ2v) is 5.93. The predicted molar refractivity (Wildman–Crippen MR) is 71.3 cm³/mol. The lowest BCUT2D eigenvalue weighted by atomic mass is 9.80. The monoisotopic (exact) mass is 236 g/mol. The van der Waals surface area contributed by atoms with Crippen LogP contribution in [-0.4, -0.2) is 28.9 Å². The summed E-state index contributed by atoms with van der Waals surface area (Å²) in [6.07, 6.45) is 3.20. The third-order valence-electron chi connectivity index (χ3n) is 3.59. The van der Waals surface area contributed by atoms with Gasteiger partial charge >= 0.3 is 0 Å². The number of hydrogen-bond acceptors (Lipinski definition) is 3. The first-order valence-corrected chi connectivity index (χ1v) is 6.51. The maximum Gasteiger partial charge on any atom is 0.148 e. The Kier molecular flexibility index (Phi) is 3.43. The molecule has 17 heavy (non-hydrogen) atoms. The summed E-state index contributed by atoms with van der Waals surface area (Å²) in [5.41, 5.74) is 0.278. The minimum absolute atomic E-state index is 0.278. The minimum atomic E-state index is 0.278. The molecular formula is C13H24N4. The van der Waals surface area contributed by atoms with Crippen LogP contribution in [0.3, 0.4) is 0 Å². The van der Waals surface area contributed by atoms with Crippen molar-refractivity contribution in [3.63, 3.8) is 0 Å². The van der Waals surface area contributed by atoms with Gasteiger partial charge in [-0.1, -0.05) is 13.8 Å². The van der Waals surface area contributed by atoms with E-state index in [0.29, 0.717) is 12.1 Å². The lowest BCUT2D eigenvalue weighted by Gasteiger charge is -2.39. The van der Waals surface area contributed by atoms with Crippen molar-refractivity contribution in [1.82, 2.24) is 15.1 Å². The van der Waals surface area contributed by atoms with Crippen LogP contribution in [0.5, 0.6) is 0 Å². The molecule has 2 heterocycles. The van der Waals surface area contributed by atoms with Gasteiger partial charge in [0, 0.05) is 30.9 Å². The number of rotatable bonds is 3. The third-order valence-corrected chi connectivity index (χ3v) is 3.59. The molecule has 1 unspecified atom stereocenters. The fraction of sp³-hybridized carbons (Fsp3) is 0.769. The first-order chi connectivity index (χ1) is 7.99. The molecule has 1 aliphatic heterocycles. The van der Waals surface area contributed by atoms with E-state index in [1.54, 1.807) is 0 Å². The Balaban J connectivity index is 2.04. The quantitative estimate of drug-likeness (QED) is 0.846. The van der Waals surface area contributed by atoms with E-state index in [2.05, 4.69) is 49.5 Å². The Bertz CT molecular complexity index is 367. The second-order valence-electron chi connectivity index (χ2n) is 5.93. The number of nitrogens with one attached hydrogen (secondary N) is 2. The summed E-state index contributed by atoms with van der Waals surface area (Å²) in [5, 5.41) is 11.6. The molecule has 0 saturated carbocycles. The highest BCUT2D eigenvalue weighted by Crippen LogP contribution is 2.27. The van der Waals surface area contributed by atoms with Crippen molar-refractivity contribution in [1.29, 1.82) is 0 Å². The van der Waals surface area contributed by atoms with Crippen molar-refractivity contribution in [3.05, 3.63) is 12.3 Å². The molecule has 1 aliphatic rings. The molecule has 0 radical (unpaired) electrons. The maximum atomic E-state index is 4.55. The number of nitrogens with zero attached hydrogens (tertiary/aromatic N) is 2. The van der Waals surface area contributed by atoms with Gasteiger partial charge in [0.1, 0.15) is 5.82 Å². The SMILES string of the molecule is CC(C)n1ccc(NC2CCNCC2(C)C)n1. The average molecular weight is 236 g/mol. The Morgan fingerprint density at radius 1 is 1.53 bits per heavy atom. The van der Waals surface area contributed by atoms with Crippen molar-refractivity contribution in [2.24, 2.45) is 5.41 Å². The molecular weight excluding hydrogens is 212 g/mol. The average Bonchev–Trinajstić information content (AvgIpc) is 2.70. The van der Waals surface area contributed by atoms with Gasteiger partial charge in [-0.2, -0.15) is 5.10 Å². The third kappa shape index (κ3) is 2.80. The second kappa shape index (κ2) is 4.69. The first kappa shape index (κ1) is 12.4. The van der Waals surface area contributed by atoms with Crippen LogP contribution in [0.4, 0.5) is 5.82 Å². The molecule has 4 nitrogen and oxygen atoms in total. The summed E-state index contributed by atoms with van der Waals surface area (Å²) in [6.45, 7) is 11.0. The van der Waals surface area contributed by atoms with E-state index in [4.69, 9.17) is 0 Å². The summed E-state index contributed by atoms with van der Waals surface area (Å²) in [4.78, 5) is 0. The fourth-order valence-electron chi connectivity index (χ4n) is 2.32. The molecule has 0 aliphatic carbocycles. The summed E-state index contributed by atoms with van der Waals surface area (Å²) in [6, 6.07) is 2.99. The topological polar surface area (TPSA) is 41.9 Å². The Morgan fingerprint density at radius 3 is 2.88 bits per heavy atom. The van der Waals surface area contributed by atoms with E-state index in [9.17, 15) is 0 Å². The van der Waals surface area contributed by atoms with Crippen LogP contribution in [0.15, 0.2) is 12.3 Å². The zero-order valence-electron chi connectivity index (χ0n) is 11.3. The van der Waals surface area contributed by atoms with E-state index in [1.165, 1.54) is 0 Å². The standard InChI is InChI=1S/C13H24N4/c1-10(2)17-8-6-12(16-17)15-11-5-7-14-9-13(11,3)4/h6,8,10-11,14H,5,7,9H2,1-4H3,(H,15,16). The zero-order valence-corrected chi connectivity index (χ0v) is 11.3. The van der Waals surface area contributed by atoms with Gasteiger partial charge in [0.25, 0.3) is 0 Å². The van der Waals surface area contributed by atoms with E-state index in [0.717, 1.165) is 25.3 Å². The highest BCUT2D eigenvalue weighted by atomic mass is 15.3.